The lowest BCUT2D eigenvalue weighted by Crippen LogP contribution is -2.53. The van der Waals surface area contributed by atoms with E-state index in [-0.39, 0.29) is 23.7 Å². The topological polar surface area (TPSA) is 42.0 Å². The van der Waals surface area contributed by atoms with Gasteiger partial charge in [-0.1, -0.05) is 12.1 Å². The van der Waals surface area contributed by atoms with Gasteiger partial charge in [0.15, 0.2) is 0 Å². The summed E-state index contributed by atoms with van der Waals surface area (Å²) >= 11 is 0. The number of fused-ring (bicyclic) bond motifs is 1. The van der Waals surface area contributed by atoms with E-state index in [9.17, 15) is 4.79 Å². The first kappa shape index (κ1) is 19.2. The van der Waals surface area contributed by atoms with Crippen LogP contribution in [0.25, 0.3) is 0 Å². The fourth-order valence-electron chi connectivity index (χ4n) is 4.53. The summed E-state index contributed by atoms with van der Waals surface area (Å²) in [6.07, 6.45) is 5.37. The van der Waals surface area contributed by atoms with Crippen molar-refractivity contribution in [1.82, 2.24) is 4.90 Å². The smallest absolute Gasteiger partial charge is 0.223 e. The Kier molecular flexibility index (Phi) is 5.88. The molecule has 0 spiro atoms. The van der Waals surface area contributed by atoms with Crippen LogP contribution in [0.5, 0.6) is 0 Å². The molecule has 0 N–H and O–H groups in total. The predicted octanol–water partition coefficient (Wildman–Crippen LogP) is 2.87. The lowest BCUT2D eigenvalue weighted by atomic mass is 9.79. The molecule has 1 saturated heterocycles. The minimum absolute atomic E-state index is 0.148. The second-order valence-electron chi connectivity index (χ2n) is 7.81. The van der Waals surface area contributed by atoms with Gasteiger partial charge in [0.2, 0.25) is 5.91 Å². The standard InChI is InChI=1S/C21H32N2O3/c1-22(2)17-8-5-16(6-9-17)7-10-20(24)23-14-13-21(26-4)12-11-18(25-3)15-19(21)23/h5-6,8-9,18-19H,7,10-15H2,1-4H3/t18-,19+,21-/m1/s1. The molecule has 1 saturated carbocycles. The van der Waals surface area contributed by atoms with Crippen LogP contribution in [0.15, 0.2) is 24.3 Å². The summed E-state index contributed by atoms with van der Waals surface area (Å²) in [5, 5.41) is 0. The molecule has 1 aromatic carbocycles. The highest BCUT2D eigenvalue weighted by molar-refractivity contribution is 5.77. The number of ether oxygens (including phenoxy) is 2. The summed E-state index contributed by atoms with van der Waals surface area (Å²) in [5.41, 5.74) is 2.22. The molecule has 2 fully saturated rings. The first-order valence-electron chi connectivity index (χ1n) is 9.63. The second kappa shape index (κ2) is 7.97. The zero-order valence-electron chi connectivity index (χ0n) is 16.5. The molecule has 0 aromatic heterocycles. The molecule has 3 rings (SSSR count). The van der Waals surface area contributed by atoms with Crippen molar-refractivity contribution in [1.29, 1.82) is 0 Å². The third-order valence-electron chi connectivity index (χ3n) is 6.28. The number of anilines is 1. The van der Waals surface area contributed by atoms with E-state index in [1.165, 1.54) is 11.3 Å². The molecule has 1 amide bonds. The number of amides is 1. The Morgan fingerprint density at radius 3 is 2.58 bits per heavy atom. The van der Waals surface area contributed by atoms with Gasteiger partial charge in [0.1, 0.15) is 0 Å². The first-order chi connectivity index (χ1) is 12.5. The van der Waals surface area contributed by atoms with E-state index >= 15 is 0 Å². The molecular weight excluding hydrogens is 328 g/mol. The van der Waals surface area contributed by atoms with Crippen LogP contribution in [0.1, 0.15) is 37.7 Å². The highest BCUT2D eigenvalue weighted by Crippen LogP contribution is 2.43. The van der Waals surface area contributed by atoms with E-state index in [1.54, 1.807) is 14.2 Å². The fourth-order valence-corrected chi connectivity index (χ4v) is 4.53. The molecule has 0 unspecified atom stereocenters. The highest BCUT2D eigenvalue weighted by atomic mass is 16.5. The van der Waals surface area contributed by atoms with Crippen LogP contribution in [0.2, 0.25) is 0 Å². The number of aryl methyl sites for hydroxylation is 1. The van der Waals surface area contributed by atoms with Crippen molar-refractivity contribution < 1.29 is 14.3 Å². The normalized spacial score (nSPS) is 28.1. The van der Waals surface area contributed by atoms with Crippen molar-refractivity contribution >= 4 is 11.6 Å². The zero-order chi connectivity index (χ0) is 18.7. The van der Waals surface area contributed by atoms with Gasteiger partial charge in [0, 0.05) is 47.0 Å². The highest BCUT2D eigenvalue weighted by Gasteiger charge is 2.52. The third kappa shape index (κ3) is 3.74. The molecule has 5 nitrogen and oxygen atoms in total. The van der Waals surface area contributed by atoms with Gasteiger partial charge in [-0.05, 0) is 49.8 Å². The van der Waals surface area contributed by atoms with Crippen LogP contribution >= 0.6 is 0 Å². The Hall–Kier alpha value is -1.59. The minimum atomic E-state index is -0.169. The summed E-state index contributed by atoms with van der Waals surface area (Å²) in [6, 6.07) is 8.60. The number of nitrogens with zero attached hydrogens (tertiary/aromatic N) is 2. The Morgan fingerprint density at radius 1 is 1.23 bits per heavy atom. The van der Waals surface area contributed by atoms with E-state index in [2.05, 4.69) is 34.1 Å². The van der Waals surface area contributed by atoms with Crippen molar-refractivity contribution in [3.8, 4) is 0 Å². The summed E-state index contributed by atoms with van der Waals surface area (Å²) in [7, 11) is 7.63. The van der Waals surface area contributed by atoms with Crippen LogP contribution in [0, 0.1) is 0 Å². The SMILES string of the molecule is CO[C@@H]1CC[C@@]2(OC)CCN(C(=O)CCc3ccc(N(C)C)cc3)[C@H]2C1. The van der Waals surface area contributed by atoms with Crippen molar-refractivity contribution in [2.24, 2.45) is 0 Å². The first-order valence-corrected chi connectivity index (χ1v) is 9.63. The maximum atomic E-state index is 12.9. The van der Waals surface area contributed by atoms with Crippen LogP contribution in [0.3, 0.4) is 0 Å². The Labute approximate surface area is 157 Å². The van der Waals surface area contributed by atoms with Crippen LogP contribution in [0.4, 0.5) is 5.69 Å². The Balaban J connectivity index is 1.62. The number of likely N-dealkylation sites (tertiary alicyclic amines) is 1. The molecule has 144 valence electrons. The summed E-state index contributed by atoms with van der Waals surface area (Å²) in [5.74, 6) is 0.238. The van der Waals surface area contributed by atoms with E-state index in [0.717, 1.165) is 38.6 Å². The molecule has 0 bridgehead atoms. The molecule has 3 atom stereocenters. The molecule has 1 heterocycles. The van der Waals surface area contributed by atoms with Crippen molar-refractivity contribution in [3.05, 3.63) is 29.8 Å². The third-order valence-corrected chi connectivity index (χ3v) is 6.28. The van der Waals surface area contributed by atoms with Crippen LogP contribution in [-0.2, 0) is 20.7 Å². The van der Waals surface area contributed by atoms with Gasteiger partial charge in [0.05, 0.1) is 17.7 Å². The average molecular weight is 360 g/mol. The number of methoxy groups -OCH3 is 2. The summed E-state index contributed by atoms with van der Waals surface area (Å²) in [4.78, 5) is 17.1. The molecule has 1 aromatic rings. The number of hydrogen-bond acceptors (Lipinski definition) is 4. The fraction of sp³-hybridized carbons (Fsp3) is 0.667. The maximum Gasteiger partial charge on any atom is 0.223 e. The monoisotopic (exact) mass is 360 g/mol. The molecule has 26 heavy (non-hydrogen) atoms. The number of carbonyl (C=O) groups is 1. The van der Waals surface area contributed by atoms with E-state index in [0.29, 0.717) is 6.42 Å². The van der Waals surface area contributed by atoms with Crippen LogP contribution < -0.4 is 4.90 Å². The summed E-state index contributed by atoms with van der Waals surface area (Å²) < 4.78 is 11.5. The average Bonchev–Trinajstić information content (AvgIpc) is 3.05. The lowest BCUT2D eigenvalue weighted by molar-refractivity contribution is -0.140. The maximum absolute atomic E-state index is 12.9. The van der Waals surface area contributed by atoms with Gasteiger partial charge in [-0.2, -0.15) is 0 Å². The van der Waals surface area contributed by atoms with Gasteiger partial charge >= 0.3 is 0 Å². The zero-order valence-corrected chi connectivity index (χ0v) is 16.5. The van der Waals surface area contributed by atoms with Gasteiger partial charge in [0.25, 0.3) is 0 Å². The van der Waals surface area contributed by atoms with Crippen molar-refractivity contribution in [3.63, 3.8) is 0 Å². The van der Waals surface area contributed by atoms with Gasteiger partial charge in [-0.15, -0.1) is 0 Å². The quantitative estimate of drug-likeness (QED) is 0.782. The van der Waals surface area contributed by atoms with Crippen molar-refractivity contribution in [2.45, 2.75) is 56.3 Å². The Morgan fingerprint density at radius 2 is 1.96 bits per heavy atom. The van der Waals surface area contributed by atoms with E-state index in [1.807, 2.05) is 14.1 Å². The molecule has 2 aliphatic rings. The number of carbonyl (C=O) groups excluding carboxylic acids is 1. The van der Waals surface area contributed by atoms with E-state index < -0.39 is 0 Å². The predicted molar refractivity (Wildman–Crippen MR) is 104 cm³/mol. The summed E-state index contributed by atoms with van der Waals surface area (Å²) in [6.45, 7) is 0.799. The van der Waals surface area contributed by atoms with Gasteiger partial charge in [-0.25, -0.2) is 0 Å². The molecule has 0 radical (unpaired) electrons. The van der Waals surface area contributed by atoms with Gasteiger partial charge in [-0.3, -0.25) is 4.79 Å². The largest absolute Gasteiger partial charge is 0.381 e. The minimum Gasteiger partial charge on any atom is -0.381 e. The van der Waals surface area contributed by atoms with Crippen molar-refractivity contribution in [2.75, 3.05) is 39.8 Å². The number of benzene rings is 1. The number of rotatable bonds is 6. The van der Waals surface area contributed by atoms with E-state index in [4.69, 9.17) is 9.47 Å². The molecular formula is C21H32N2O3. The van der Waals surface area contributed by atoms with Gasteiger partial charge < -0.3 is 19.3 Å². The molecule has 1 aliphatic carbocycles. The Bertz CT molecular complexity index is 616. The molecule has 5 heteroatoms. The number of hydrogen-bond donors (Lipinski definition) is 0. The van der Waals surface area contributed by atoms with Crippen LogP contribution in [-0.4, -0.2) is 63.4 Å². The molecule has 1 aliphatic heterocycles. The second-order valence-corrected chi connectivity index (χ2v) is 7.81. The lowest BCUT2D eigenvalue weighted by Gasteiger charge is -2.43.